The average Bonchev–Trinajstić information content (AvgIpc) is 3.02. The highest BCUT2D eigenvalue weighted by atomic mass is 35.5. The van der Waals surface area contributed by atoms with E-state index in [1.807, 2.05) is 12.1 Å². The lowest BCUT2D eigenvalue weighted by Gasteiger charge is -2.27. The van der Waals surface area contributed by atoms with Crippen LogP contribution in [-0.4, -0.2) is 31.1 Å². The number of nitrogens with one attached hydrogen (secondary N) is 1. The maximum absolute atomic E-state index is 6.29. The maximum atomic E-state index is 6.29. The second-order valence-electron chi connectivity index (χ2n) is 5.99. The van der Waals surface area contributed by atoms with Gasteiger partial charge in [0.05, 0.1) is 9.72 Å². The van der Waals surface area contributed by atoms with Gasteiger partial charge in [0.1, 0.15) is 0 Å². The van der Waals surface area contributed by atoms with E-state index < -0.39 is 0 Å². The minimum absolute atomic E-state index is 0.842. The molecule has 4 rings (SSSR count). The van der Waals surface area contributed by atoms with Crippen molar-refractivity contribution in [2.75, 3.05) is 26.2 Å². The quantitative estimate of drug-likeness (QED) is 0.746. The van der Waals surface area contributed by atoms with Crippen molar-refractivity contribution in [1.29, 1.82) is 0 Å². The Hall–Kier alpha value is -1.39. The van der Waals surface area contributed by atoms with Gasteiger partial charge in [-0.1, -0.05) is 48.0 Å². The van der Waals surface area contributed by atoms with E-state index in [1.165, 1.54) is 26.1 Å². The first kappa shape index (κ1) is 15.2. The van der Waals surface area contributed by atoms with E-state index in [0.717, 1.165) is 37.7 Å². The number of nitrogens with zero attached hydrogens (tertiary/aromatic N) is 1. The van der Waals surface area contributed by atoms with E-state index >= 15 is 0 Å². The van der Waals surface area contributed by atoms with E-state index in [4.69, 9.17) is 11.6 Å². The summed E-state index contributed by atoms with van der Waals surface area (Å²) >= 11 is 8.06. The molecule has 0 amide bonds. The van der Waals surface area contributed by atoms with Crippen LogP contribution in [0.3, 0.4) is 0 Å². The number of hydrogen-bond donors (Lipinski definition) is 1. The third kappa shape index (κ3) is 3.29. The van der Waals surface area contributed by atoms with Gasteiger partial charge in [0.25, 0.3) is 0 Å². The summed E-state index contributed by atoms with van der Waals surface area (Å²) in [6.45, 7) is 5.51. The van der Waals surface area contributed by atoms with Crippen molar-refractivity contribution in [1.82, 2.24) is 10.2 Å². The minimum atomic E-state index is 0.842. The molecule has 0 aliphatic carbocycles. The number of benzene rings is 2. The van der Waals surface area contributed by atoms with Gasteiger partial charge >= 0.3 is 0 Å². The summed E-state index contributed by atoms with van der Waals surface area (Å²) in [5, 5.41) is 5.46. The molecular weight excluding hydrogens is 324 g/mol. The van der Waals surface area contributed by atoms with Crippen LogP contribution in [0.15, 0.2) is 48.5 Å². The molecule has 1 aliphatic rings. The van der Waals surface area contributed by atoms with Gasteiger partial charge in [-0.25, -0.2) is 0 Å². The fourth-order valence-corrected chi connectivity index (χ4v) is 4.44. The number of hydrogen-bond acceptors (Lipinski definition) is 3. The Morgan fingerprint density at radius 1 is 1.04 bits per heavy atom. The van der Waals surface area contributed by atoms with Gasteiger partial charge in [-0.3, -0.25) is 4.90 Å². The molecule has 1 saturated heterocycles. The summed E-state index contributed by atoms with van der Waals surface area (Å²) in [7, 11) is 0. The Morgan fingerprint density at radius 3 is 2.57 bits per heavy atom. The second-order valence-corrected chi connectivity index (χ2v) is 7.45. The van der Waals surface area contributed by atoms with Crippen LogP contribution in [0.2, 0.25) is 5.02 Å². The zero-order valence-corrected chi connectivity index (χ0v) is 14.5. The molecule has 23 heavy (non-hydrogen) atoms. The van der Waals surface area contributed by atoms with Crippen LogP contribution in [0.25, 0.3) is 20.5 Å². The average molecular weight is 343 g/mol. The number of thiophene rings is 1. The fourth-order valence-electron chi connectivity index (χ4n) is 3.07. The highest BCUT2D eigenvalue weighted by Gasteiger charge is 2.10. The van der Waals surface area contributed by atoms with Crippen LogP contribution in [0, 0.1) is 0 Å². The Labute approximate surface area is 145 Å². The van der Waals surface area contributed by atoms with Crippen molar-refractivity contribution in [3.05, 3.63) is 59.1 Å². The summed E-state index contributed by atoms with van der Waals surface area (Å²) in [6.07, 6.45) is 0. The number of halogens is 1. The molecular formula is C19H19ClN2S. The molecule has 0 atom stereocenters. The molecule has 3 aromatic rings. The maximum Gasteiger partial charge on any atom is 0.0584 e. The van der Waals surface area contributed by atoms with Crippen molar-refractivity contribution in [2.24, 2.45) is 0 Å². The van der Waals surface area contributed by atoms with Crippen molar-refractivity contribution in [3.63, 3.8) is 0 Å². The predicted molar refractivity (Wildman–Crippen MR) is 100 cm³/mol. The third-order valence-electron chi connectivity index (χ3n) is 4.35. The monoisotopic (exact) mass is 342 g/mol. The zero-order valence-electron chi connectivity index (χ0n) is 12.9. The molecule has 0 radical (unpaired) electrons. The highest BCUT2D eigenvalue weighted by Crippen LogP contribution is 2.37. The number of fused-ring (bicyclic) bond motifs is 1. The van der Waals surface area contributed by atoms with Crippen LogP contribution in [0.5, 0.6) is 0 Å². The molecule has 2 aromatic carbocycles. The second kappa shape index (κ2) is 6.62. The van der Waals surface area contributed by atoms with Crippen LogP contribution in [-0.2, 0) is 6.54 Å². The Morgan fingerprint density at radius 2 is 1.83 bits per heavy atom. The van der Waals surface area contributed by atoms with E-state index in [2.05, 4.69) is 46.6 Å². The van der Waals surface area contributed by atoms with Crippen molar-refractivity contribution >= 4 is 33.0 Å². The largest absolute Gasteiger partial charge is 0.314 e. The topological polar surface area (TPSA) is 15.3 Å². The molecule has 2 nitrogen and oxygen atoms in total. The van der Waals surface area contributed by atoms with E-state index in [1.54, 1.807) is 11.3 Å². The van der Waals surface area contributed by atoms with Crippen molar-refractivity contribution in [3.8, 4) is 10.4 Å². The Bertz CT molecular complexity index is 804. The Balaban J connectivity index is 1.55. The van der Waals surface area contributed by atoms with Gasteiger partial charge in [-0.2, -0.15) is 0 Å². The van der Waals surface area contributed by atoms with Crippen LogP contribution < -0.4 is 5.32 Å². The van der Waals surface area contributed by atoms with E-state index in [-0.39, 0.29) is 0 Å². The SMILES string of the molecule is Clc1cccc2cc(-c3ccc(CN4CCNCC4)cc3)sc12. The first-order valence-electron chi connectivity index (χ1n) is 8.00. The number of rotatable bonds is 3. The van der Waals surface area contributed by atoms with Gasteiger partial charge in [0.2, 0.25) is 0 Å². The predicted octanol–water partition coefficient (Wildman–Crippen LogP) is 4.63. The third-order valence-corrected chi connectivity index (χ3v) is 6.01. The van der Waals surface area contributed by atoms with Crippen LogP contribution in [0.4, 0.5) is 0 Å². The summed E-state index contributed by atoms with van der Waals surface area (Å²) in [6, 6.07) is 17.3. The summed E-state index contributed by atoms with van der Waals surface area (Å²) in [4.78, 5) is 3.78. The Kier molecular flexibility index (Phi) is 4.36. The standard InChI is InChI=1S/C19H19ClN2S/c20-17-3-1-2-16-12-18(23-19(16)17)15-6-4-14(5-7-15)13-22-10-8-21-9-11-22/h1-7,12,21H,8-11,13H2. The van der Waals surface area contributed by atoms with Gasteiger partial charge < -0.3 is 5.32 Å². The van der Waals surface area contributed by atoms with Gasteiger partial charge in [0.15, 0.2) is 0 Å². The van der Waals surface area contributed by atoms with Gasteiger partial charge in [-0.05, 0) is 28.6 Å². The lowest BCUT2D eigenvalue weighted by atomic mass is 10.1. The molecule has 0 unspecified atom stereocenters. The molecule has 1 N–H and O–H groups in total. The molecule has 118 valence electrons. The number of piperazine rings is 1. The first-order valence-corrected chi connectivity index (χ1v) is 9.19. The van der Waals surface area contributed by atoms with E-state index in [9.17, 15) is 0 Å². The molecule has 1 aliphatic heterocycles. The fraction of sp³-hybridized carbons (Fsp3) is 0.263. The normalized spacial score (nSPS) is 16.0. The van der Waals surface area contributed by atoms with Crippen molar-refractivity contribution in [2.45, 2.75) is 6.54 Å². The smallest absolute Gasteiger partial charge is 0.0584 e. The summed E-state index contributed by atoms with van der Waals surface area (Å²) in [5.74, 6) is 0. The minimum Gasteiger partial charge on any atom is -0.314 e. The summed E-state index contributed by atoms with van der Waals surface area (Å²) in [5.41, 5.74) is 2.65. The van der Waals surface area contributed by atoms with Gasteiger partial charge in [0, 0.05) is 37.6 Å². The lowest BCUT2D eigenvalue weighted by Crippen LogP contribution is -2.42. The van der Waals surface area contributed by atoms with Gasteiger partial charge in [-0.15, -0.1) is 11.3 Å². The molecule has 0 spiro atoms. The molecule has 4 heteroatoms. The molecule has 1 aromatic heterocycles. The first-order chi connectivity index (χ1) is 11.3. The van der Waals surface area contributed by atoms with Crippen LogP contribution in [0.1, 0.15) is 5.56 Å². The summed E-state index contributed by atoms with van der Waals surface area (Å²) < 4.78 is 1.18. The van der Waals surface area contributed by atoms with Crippen LogP contribution >= 0.6 is 22.9 Å². The molecule has 2 heterocycles. The van der Waals surface area contributed by atoms with Crippen molar-refractivity contribution < 1.29 is 0 Å². The molecule has 1 fully saturated rings. The lowest BCUT2D eigenvalue weighted by molar-refractivity contribution is 0.233. The zero-order chi connectivity index (χ0) is 15.6. The van der Waals surface area contributed by atoms with E-state index in [0.29, 0.717) is 0 Å². The highest BCUT2D eigenvalue weighted by molar-refractivity contribution is 7.22. The molecule has 0 bridgehead atoms. The molecule has 0 saturated carbocycles.